The van der Waals surface area contributed by atoms with Gasteiger partial charge in [-0.1, -0.05) is 0 Å². The number of ether oxygens (including phenoxy) is 1. The Hall–Kier alpha value is -2.84. The fourth-order valence-corrected chi connectivity index (χ4v) is 3.19. The van der Waals surface area contributed by atoms with Crippen molar-refractivity contribution in [3.05, 3.63) is 18.3 Å². The van der Waals surface area contributed by atoms with E-state index in [1.807, 2.05) is 20.8 Å². The van der Waals surface area contributed by atoms with E-state index in [1.54, 1.807) is 22.8 Å². The number of anilines is 2. The van der Waals surface area contributed by atoms with Gasteiger partial charge >= 0.3 is 6.09 Å². The molecule has 1 fully saturated rings. The molecule has 3 rings (SSSR count). The van der Waals surface area contributed by atoms with Crippen molar-refractivity contribution in [2.75, 3.05) is 10.6 Å². The molecule has 1 saturated carbocycles. The molecule has 146 valence electrons. The maximum absolute atomic E-state index is 12.0. The van der Waals surface area contributed by atoms with Crippen LogP contribution < -0.4 is 16.0 Å². The minimum atomic E-state index is -0.511. The van der Waals surface area contributed by atoms with Crippen LogP contribution in [0.5, 0.6) is 0 Å². The Morgan fingerprint density at radius 2 is 2.00 bits per heavy atom. The number of aromatic nitrogens is 3. The maximum atomic E-state index is 12.0. The summed E-state index contributed by atoms with van der Waals surface area (Å²) >= 11 is 0. The Morgan fingerprint density at radius 3 is 2.70 bits per heavy atom. The van der Waals surface area contributed by atoms with Gasteiger partial charge in [-0.3, -0.25) is 4.79 Å². The van der Waals surface area contributed by atoms with Crippen molar-refractivity contribution in [3.8, 4) is 0 Å². The molecule has 0 radical (unpaired) electrons. The van der Waals surface area contributed by atoms with E-state index < -0.39 is 5.60 Å². The molecule has 9 nitrogen and oxygen atoms in total. The Kier molecular flexibility index (Phi) is 5.20. The smallest absolute Gasteiger partial charge is 0.407 e. The first-order valence-corrected chi connectivity index (χ1v) is 9.08. The third-order valence-electron chi connectivity index (χ3n) is 4.17. The molecule has 0 bridgehead atoms. The summed E-state index contributed by atoms with van der Waals surface area (Å²) in [6.45, 7) is 6.98. The molecular formula is C18H26N6O3. The third-order valence-corrected chi connectivity index (χ3v) is 4.17. The molecule has 2 atom stereocenters. The largest absolute Gasteiger partial charge is 0.444 e. The van der Waals surface area contributed by atoms with Crippen LogP contribution >= 0.6 is 0 Å². The standard InChI is InChI=1S/C18H26N6O3/c1-11(25)20-14-10-16(24-15(23-14)7-8-19-24)21-12-5-6-13(9-12)22-17(26)27-18(2,3)4/h7-8,10,12-13,21H,5-6,9H2,1-4H3,(H,22,26)(H,20,23,25)/t12-,13-/m1/s1. The third kappa shape index (κ3) is 5.08. The van der Waals surface area contributed by atoms with Crippen molar-refractivity contribution >= 4 is 29.3 Å². The summed E-state index contributed by atoms with van der Waals surface area (Å²) in [5, 5.41) is 13.4. The van der Waals surface area contributed by atoms with Crippen LogP contribution in [0.4, 0.5) is 16.4 Å². The van der Waals surface area contributed by atoms with Gasteiger partial charge in [-0.25, -0.2) is 9.78 Å². The molecule has 0 spiro atoms. The molecule has 2 aromatic heterocycles. The van der Waals surface area contributed by atoms with Crippen LogP contribution in [0, 0.1) is 0 Å². The van der Waals surface area contributed by atoms with E-state index in [2.05, 4.69) is 26.0 Å². The highest BCUT2D eigenvalue weighted by Crippen LogP contribution is 2.25. The van der Waals surface area contributed by atoms with Crippen molar-refractivity contribution in [2.45, 2.75) is 64.6 Å². The number of nitrogens with one attached hydrogen (secondary N) is 3. The van der Waals surface area contributed by atoms with Crippen LogP contribution in [0.15, 0.2) is 18.3 Å². The number of carbonyl (C=O) groups excluding carboxylic acids is 2. The van der Waals surface area contributed by atoms with Gasteiger partial charge in [-0.05, 0) is 40.0 Å². The second kappa shape index (κ2) is 7.42. The Morgan fingerprint density at radius 1 is 1.26 bits per heavy atom. The van der Waals surface area contributed by atoms with E-state index in [1.165, 1.54) is 6.92 Å². The van der Waals surface area contributed by atoms with Crippen molar-refractivity contribution in [2.24, 2.45) is 0 Å². The number of rotatable bonds is 4. The first-order valence-electron chi connectivity index (χ1n) is 9.08. The van der Waals surface area contributed by atoms with Gasteiger partial charge in [0, 0.05) is 31.1 Å². The average Bonchev–Trinajstić information content (AvgIpc) is 3.13. The summed E-state index contributed by atoms with van der Waals surface area (Å²) < 4.78 is 7.01. The highest BCUT2D eigenvalue weighted by atomic mass is 16.6. The van der Waals surface area contributed by atoms with Gasteiger partial charge in [-0.2, -0.15) is 9.61 Å². The van der Waals surface area contributed by atoms with Crippen LogP contribution in [0.3, 0.4) is 0 Å². The predicted molar refractivity (Wildman–Crippen MR) is 102 cm³/mol. The average molecular weight is 374 g/mol. The summed E-state index contributed by atoms with van der Waals surface area (Å²) in [7, 11) is 0. The Labute approximate surface area is 157 Å². The van der Waals surface area contributed by atoms with Gasteiger partial charge in [0.05, 0.1) is 6.20 Å². The molecule has 2 aromatic rings. The number of nitrogens with zero attached hydrogens (tertiary/aromatic N) is 3. The topological polar surface area (TPSA) is 110 Å². The Balaban J connectivity index is 1.65. The van der Waals surface area contributed by atoms with Gasteiger partial charge in [0.25, 0.3) is 0 Å². The lowest BCUT2D eigenvalue weighted by molar-refractivity contribution is -0.114. The molecule has 9 heteroatoms. The molecule has 2 amide bonds. The minimum absolute atomic E-state index is 0.0575. The normalized spacial score (nSPS) is 19.7. The van der Waals surface area contributed by atoms with Crippen molar-refractivity contribution in [1.82, 2.24) is 19.9 Å². The fraction of sp³-hybridized carbons (Fsp3) is 0.556. The molecule has 2 heterocycles. The number of amides is 2. The first-order chi connectivity index (χ1) is 12.7. The molecular weight excluding hydrogens is 348 g/mol. The number of hydrogen-bond donors (Lipinski definition) is 3. The zero-order valence-corrected chi connectivity index (χ0v) is 16.1. The molecule has 0 aromatic carbocycles. The SMILES string of the molecule is CC(=O)Nc1cc(N[C@@H]2CC[C@@H](NC(=O)OC(C)(C)C)C2)n2nccc2n1. The summed E-state index contributed by atoms with van der Waals surface area (Å²) in [5.41, 5.74) is 0.133. The van der Waals surface area contributed by atoms with Gasteiger partial charge in [0.1, 0.15) is 17.2 Å². The number of carbonyl (C=O) groups is 2. The van der Waals surface area contributed by atoms with E-state index >= 15 is 0 Å². The van der Waals surface area contributed by atoms with Gasteiger partial charge in [0.2, 0.25) is 5.91 Å². The monoisotopic (exact) mass is 374 g/mol. The quantitative estimate of drug-likeness (QED) is 0.759. The van der Waals surface area contributed by atoms with E-state index in [4.69, 9.17) is 4.74 Å². The second-order valence-electron chi connectivity index (χ2n) is 7.81. The van der Waals surface area contributed by atoms with Crippen molar-refractivity contribution < 1.29 is 14.3 Å². The molecule has 0 aliphatic heterocycles. The molecule has 1 aliphatic rings. The lowest BCUT2D eigenvalue weighted by Gasteiger charge is -2.22. The summed E-state index contributed by atoms with van der Waals surface area (Å²) in [4.78, 5) is 27.6. The summed E-state index contributed by atoms with van der Waals surface area (Å²) in [5.74, 6) is 1.04. The molecule has 0 unspecified atom stereocenters. The van der Waals surface area contributed by atoms with Crippen molar-refractivity contribution in [1.29, 1.82) is 0 Å². The second-order valence-corrected chi connectivity index (χ2v) is 7.81. The lowest BCUT2D eigenvalue weighted by atomic mass is 10.2. The lowest BCUT2D eigenvalue weighted by Crippen LogP contribution is -2.38. The predicted octanol–water partition coefficient (Wildman–Crippen LogP) is 2.55. The van der Waals surface area contributed by atoms with E-state index in [9.17, 15) is 9.59 Å². The molecule has 0 saturated heterocycles. The summed E-state index contributed by atoms with van der Waals surface area (Å²) in [6, 6.07) is 3.76. The van der Waals surface area contributed by atoms with E-state index in [0.717, 1.165) is 25.1 Å². The van der Waals surface area contributed by atoms with Crippen LogP contribution in [-0.4, -0.2) is 44.3 Å². The zero-order valence-electron chi connectivity index (χ0n) is 16.1. The number of fused-ring (bicyclic) bond motifs is 1. The van der Waals surface area contributed by atoms with Gasteiger partial charge in [-0.15, -0.1) is 0 Å². The number of alkyl carbamates (subject to hydrolysis) is 1. The molecule has 27 heavy (non-hydrogen) atoms. The van der Waals surface area contributed by atoms with Crippen molar-refractivity contribution in [3.63, 3.8) is 0 Å². The van der Waals surface area contributed by atoms with Crippen LogP contribution in [0.2, 0.25) is 0 Å². The zero-order chi connectivity index (χ0) is 19.6. The van der Waals surface area contributed by atoms with Gasteiger partial charge < -0.3 is 20.7 Å². The van der Waals surface area contributed by atoms with Crippen LogP contribution in [0.1, 0.15) is 47.0 Å². The summed E-state index contributed by atoms with van der Waals surface area (Å²) in [6.07, 6.45) is 3.82. The van der Waals surface area contributed by atoms with E-state index in [0.29, 0.717) is 11.5 Å². The first kappa shape index (κ1) is 18.9. The highest BCUT2D eigenvalue weighted by Gasteiger charge is 2.28. The number of hydrogen-bond acceptors (Lipinski definition) is 6. The fourth-order valence-electron chi connectivity index (χ4n) is 3.19. The van der Waals surface area contributed by atoms with Crippen LogP contribution in [0.25, 0.3) is 5.65 Å². The molecule has 3 N–H and O–H groups in total. The molecule has 1 aliphatic carbocycles. The Bertz CT molecular complexity index is 841. The van der Waals surface area contributed by atoms with Gasteiger partial charge in [0.15, 0.2) is 5.65 Å². The highest BCUT2D eigenvalue weighted by molar-refractivity contribution is 5.88. The maximum Gasteiger partial charge on any atom is 0.407 e. The minimum Gasteiger partial charge on any atom is -0.444 e. The van der Waals surface area contributed by atoms with E-state index in [-0.39, 0.29) is 24.1 Å². The van der Waals surface area contributed by atoms with Crippen LogP contribution in [-0.2, 0) is 9.53 Å².